The minimum Gasteiger partial charge on any atom is -0.456 e. The summed E-state index contributed by atoms with van der Waals surface area (Å²) in [4.78, 5) is 0.113. The number of thiocarbonyl (C=S) groups is 1. The normalized spacial score (nSPS) is 10.7. The summed E-state index contributed by atoms with van der Waals surface area (Å²) < 4.78 is 19.2. The molecule has 21 heavy (non-hydrogen) atoms. The van der Waals surface area contributed by atoms with Gasteiger partial charge in [-0.2, -0.15) is 0 Å². The maximum absolute atomic E-state index is 13.3. The van der Waals surface area contributed by atoms with Crippen LogP contribution in [0.2, 0.25) is 0 Å². The van der Waals surface area contributed by atoms with E-state index in [-0.39, 0.29) is 4.99 Å². The number of rotatable bonds is 4. The fraction of sp³-hybridized carbons (Fsp3) is 0.235. The molecule has 2 rings (SSSR count). The summed E-state index contributed by atoms with van der Waals surface area (Å²) in [5, 5.41) is 0. The summed E-state index contributed by atoms with van der Waals surface area (Å²) in [6.07, 6.45) is 0. The highest BCUT2D eigenvalue weighted by atomic mass is 32.1. The van der Waals surface area contributed by atoms with E-state index in [9.17, 15) is 4.39 Å². The molecule has 0 aliphatic rings. The molecule has 0 unspecified atom stereocenters. The van der Waals surface area contributed by atoms with Gasteiger partial charge in [-0.05, 0) is 48.2 Å². The smallest absolute Gasteiger partial charge is 0.137 e. The molecule has 2 aromatic carbocycles. The van der Waals surface area contributed by atoms with Crippen LogP contribution in [0, 0.1) is 12.7 Å². The summed E-state index contributed by atoms with van der Waals surface area (Å²) in [5.74, 6) is 1.20. The number of aryl methyl sites for hydroxylation is 1. The number of halogens is 1. The highest BCUT2D eigenvalue weighted by Crippen LogP contribution is 2.31. The molecule has 0 aliphatic carbocycles. The van der Waals surface area contributed by atoms with Crippen molar-refractivity contribution >= 4 is 17.2 Å². The molecule has 0 aromatic heterocycles. The lowest BCUT2D eigenvalue weighted by atomic mass is 10.0. The van der Waals surface area contributed by atoms with Gasteiger partial charge in [-0.1, -0.05) is 38.2 Å². The first-order chi connectivity index (χ1) is 9.88. The summed E-state index contributed by atoms with van der Waals surface area (Å²) in [7, 11) is 0. The standard InChI is InChI=1S/C17H18FNOS/c1-10(2)12-5-4-11(3)16(8-12)20-15-7-6-13(18)9-14(15)17(19)21/h4-10H,1-3H3,(H2,19,21). The SMILES string of the molecule is Cc1ccc(C(C)C)cc1Oc1ccc(F)cc1C(N)=S. The molecule has 2 nitrogen and oxygen atoms in total. The molecule has 0 aliphatic heterocycles. The Labute approximate surface area is 129 Å². The second-order valence-electron chi connectivity index (χ2n) is 5.29. The van der Waals surface area contributed by atoms with Crippen molar-refractivity contribution in [3.05, 3.63) is 58.9 Å². The zero-order valence-corrected chi connectivity index (χ0v) is 13.1. The monoisotopic (exact) mass is 303 g/mol. The van der Waals surface area contributed by atoms with E-state index in [4.69, 9.17) is 22.7 Å². The summed E-state index contributed by atoms with van der Waals surface area (Å²) in [6.45, 7) is 6.20. The molecule has 110 valence electrons. The van der Waals surface area contributed by atoms with Crippen LogP contribution in [0.1, 0.15) is 36.5 Å². The predicted molar refractivity (Wildman–Crippen MR) is 87.6 cm³/mol. The molecule has 0 atom stereocenters. The molecule has 4 heteroatoms. The molecule has 0 spiro atoms. The Balaban J connectivity index is 2.43. The van der Waals surface area contributed by atoms with Crippen molar-refractivity contribution in [3.63, 3.8) is 0 Å². The van der Waals surface area contributed by atoms with E-state index in [2.05, 4.69) is 19.9 Å². The Morgan fingerprint density at radius 2 is 1.86 bits per heavy atom. The van der Waals surface area contributed by atoms with Crippen LogP contribution in [0.4, 0.5) is 4.39 Å². The van der Waals surface area contributed by atoms with Gasteiger partial charge in [0.1, 0.15) is 22.3 Å². The van der Waals surface area contributed by atoms with E-state index < -0.39 is 5.82 Å². The highest BCUT2D eigenvalue weighted by molar-refractivity contribution is 7.80. The van der Waals surface area contributed by atoms with E-state index in [1.165, 1.54) is 17.7 Å². The number of nitrogens with two attached hydrogens (primary N) is 1. The van der Waals surface area contributed by atoms with Crippen molar-refractivity contribution in [2.24, 2.45) is 5.73 Å². The van der Waals surface area contributed by atoms with E-state index in [0.717, 1.165) is 11.3 Å². The van der Waals surface area contributed by atoms with Crippen LogP contribution in [-0.2, 0) is 0 Å². The van der Waals surface area contributed by atoms with Gasteiger partial charge in [-0.3, -0.25) is 0 Å². The molecule has 0 saturated heterocycles. The number of ether oxygens (including phenoxy) is 1. The highest BCUT2D eigenvalue weighted by Gasteiger charge is 2.11. The summed E-state index contributed by atoms with van der Waals surface area (Å²) in [6, 6.07) is 10.2. The van der Waals surface area contributed by atoms with Crippen molar-refractivity contribution in [1.29, 1.82) is 0 Å². The predicted octanol–water partition coefficient (Wildman–Crippen LogP) is 4.68. The Kier molecular flexibility index (Phi) is 4.58. The van der Waals surface area contributed by atoms with Gasteiger partial charge in [0.25, 0.3) is 0 Å². The Bertz CT molecular complexity index is 682. The zero-order valence-electron chi connectivity index (χ0n) is 12.3. The molecule has 0 fully saturated rings. The molecule has 2 aromatic rings. The summed E-state index contributed by atoms with van der Waals surface area (Å²) in [5.41, 5.74) is 8.21. The second-order valence-corrected chi connectivity index (χ2v) is 5.73. The minimum absolute atomic E-state index is 0.113. The van der Waals surface area contributed by atoms with Crippen molar-refractivity contribution in [2.45, 2.75) is 26.7 Å². The number of hydrogen-bond donors (Lipinski definition) is 1. The Morgan fingerprint density at radius 1 is 1.14 bits per heavy atom. The van der Waals surface area contributed by atoms with Crippen LogP contribution in [0.15, 0.2) is 36.4 Å². The van der Waals surface area contributed by atoms with Gasteiger partial charge in [0.2, 0.25) is 0 Å². The average molecular weight is 303 g/mol. The van der Waals surface area contributed by atoms with E-state index >= 15 is 0 Å². The largest absolute Gasteiger partial charge is 0.456 e. The molecule has 0 saturated carbocycles. The number of hydrogen-bond acceptors (Lipinski definition) is 2. The van der Waals surface area contributed by atoms with Crippen LogP contribution in [0.5, 0.6) is 11.5 Å². The van der Waals surface area contributed by atoms with E-state index in [0.29, 0.717) is 17.2 Å². The van der Waals surface area contributed by atoms with Gasteiger partial charge in [0.15, 0.2) is 0 Å². The van der Waals surface area contributed by atoms with Gasteiger partial charge >= 0.3 is 0 Å². The topological polar surface area (TPSA) is 35.2 Å². The Morgan fingerprint density at radius 3 is 2.48 bits per heavy atom. The second kappa shape index (κ2) is 6.22. The first-order valence-corrected chi connectivity index (χ1v) is 7.17. The van der Waals surface area contributed by atoms with Gasteiger partial charge < -0.3 is 10.5 Å². The van der Waals surface area contributed by atoms with Gasteiger partial charge in [-0.25, -0.2) is 4.39 Å². The van der Waals surface area contributed by atoms with Crippen molar-refractivity contribution in [3.8, 4) is 11.5 Å². The van der Waals surface area contributed by atoms with Crippen LogP contribution in [0.25, 0.3) is 0 Å². The van der Waals surface area contributed by atoms with Crippen LogP contribution in [0.3, 0.4) is 0 Å². The maximum atomic E-state index is 13.3. The van der Waals surface area contributed by atoms with E-state index in [1.807, 2.05) is 19.1 Å². The molecule has 0 heterocycles. The molecular weight excluding hydrogens is 285 g/mol. The minimum atomic E-state index is -0.391. The van der Waals surface area contributed by atoms with Gasteiger partial charge in [-0.15, -0.1) is 0 Å². The third kappa shape index (κ3) is 3.58. The van der Waals surface area contributed by atoms with Crippen molar-refractivity contribution < 1.29 is 9.13 Å². The Hall–Kier alpha value is -1.94. The van der Waals surface area contributed by atoms with Crippen molar-refractivity contribution in [1.82, 2.24) is 0 Å². The first kappa shape index (κ1) is 15.4. The molecule has 2 N–H and O–H groups in total. The number of benzene rings is 2. The van der Waals surface area contributed by atoms with Gasteiger partial charge in [0, 0.05) is 0 Å². The third-order valence-electron chi connectivity index (χ3n) is 3.31. The lowest BCUT2D eigenvalue weighted by Gasteiger charge is -2.14. The molecule has 0 radical (unpaired) electrons. The summed E-state index contributed by atoms with van der Waals surface area (Å²) >= 11 is 4.96. The van der Waals surface area contributed by atoms with Gasteiger partial charge in [0.05, 0.1) is 5.56 Å². The lowest BCUT2D eigenvalue weighted by Crippen LogP contribution is -2.11. The average Bonchev–Trinajstić information content (AvgIpc) is 2.42. The molecule has 0 amide bonds. The van der Waals surface area contributed by atoms with Crippen molar-refractivity contribution in [2.75, 3.05) is 0 Å². The third-order valence-corrected chi connectivity index (χ3v) is 3.53. The quantitative estimate of drug-likeness (QED) is 0.833. The maximum Gasteiger partial charge on any atom is 0.137 e. The molecule has 0 bridgehead atoms. The zero-order chi connectivity index (χ0) is 15.6. The first-order valence-electron chi connectivity index (χ1n) is 6.76. The fourth-order valence-electron chi connectivity index (χ4n) is 1.99. The molecular formula is C17H18FNOS. The lowest BCUT2D eigenvalue weighted by molar-refractivity contribution is 0.475. The van der Waals surface area contributed by atoms with E-state index in [1.54, 1.807) is 6.07 Å². The fourth-order valence-corrected chi connectivity index (χ4v) is 2.15. The van der Waals surface area contributed by atoms with Crippen LogP contribution in [-0.4, -0.2) is 4.99 Å². The van der Waals surface area contributed by atoms with Crippen LogP contribution < -0.4 is 10.5 Å². The van der Waals surface area contributed by atoms with Crippen LogP contribution >= 0.6 is 12.2 Å².